The van der Waals surface area contributed by atoms with E-state index in [2.05, 4.69) is 15.5 Å². The van der Waals surface area contributed by atoms with Crippen LogP contribution in [0.3, 0.4) is 0 Å². The van der Waals surface area contributed by atoms with Gasteiger partial charge in [0, 0.05) is 18.7 Å². The molecule has 2 aromatic rings. The van der Waals surface area contributed by atoms with Gasteiger partial charge in [-0.15, -0.1) is 35.0 Å². The first-order valence-corrected chi connectivity index (χ1v) is 6.59. The molecule has 3 N–H and O–H groups in total. The smallest absolute Gasteiger partial charge is 0.235 e. The van der Waals surface area contributed by atoms with Gasteiger partial charge in [-0.25, -0.2) is 0 Å². The number of carbonyl (C=O) groups excluding carboxylic acids is 1. The first kappa shape index (κ1) is 17.7. The van der Waals surface area contributed by atoms with Gasteiger partial charge in [0.2, 0.25) is 11.9 Å². The average Bonchev–Trinajstić information content (AvgIpc) is 2.98. The lowest BCUT2D eigenvalue weighted by Gasteiger charge is -2.14. The number of carbonyl (C=O) groups is 1. The maximum Gasteiger partial charge on any atom is 0.235 e. The molecule has 2 aromatic heterocycles. The molecule has 116 valence electrons. The van der Waals surface area contributed by atoms with E-state index in [0.29, 0.717) is 18.3 Å². The van der Waals surface area contributed by atoms with Crippen LogP contribution in [0.5, 0.6) is 0 Å². The third-order valence-corrected chi connectivity index (χ3v) is 3.73. The van der Waals surface area contributed by atoms with Crippen LogP contribution in [0.2, 0.25) is 0 Å². The zero-order valence-electron chi connectivity index (χ0n) is 11.4. The Hall–Kier alpha value is -1.37. The number of nitrogens with two attached hydrogens (primary N) is 1. The summed E-state index contributed by atoms with van der Waals surface area (Å²) < 4.78 is 1.76. The minimum atomic E-state index is -0.0412. The second-order valence-corrected chi connectivity index (χ2v) is 5.06. The number of halogens is 2. The highest BCUT2D eigenvalue weighted by molar-refractivity contribution is 5.89. The average molecular weight is 332 g/mol. The third kappa shape index (κ3) is 3.84. The summed E-state index contributed by atoms with van der Waals surface area (Å²) >= 11 is 0. The molecule has 21 heavy (non-hydrogen) atoms. The number of fused-ring (bicyclic) bond motifs is 1. The molecule has 0 aromatic carbocycles. The third-order valence-electron chi connectivity index (χ3n) is 3.73. The van der Waals surface area contributed by atoms with Crippen LogP contribution in [0.1, 0.15) is 25.7 Å². The number of nitrogens with one attached hydrogen (secondary N) is 1. The van der Waals surface area contributed by atoms with Gasteiger partial charge < -0.3 is 5.73 Å². The molecule has 0 aliphatic heterocycles. The van der Waals surface area contributed by atoms with Crippen molar-refractivity contribution >= 4 is 42.3 Å². The van der Waals surface area contributed by atoms with Crippen molar-refractivity contribution in [2.45, 2.75) is 31.7 Å². The lowest BCUT2D eigenvalue weighted by molar-refractivity contribution is -0.117. The summed E-state index contributed by atoms with van der Waals surface area (Å²) in [5.41, 5.74) is 6.70. The molecule has 2 atom stereocenters. The second kappa shape index (κ2) is 7.59. The van der Waals surface area contributed by atoms with E-state index in [1.54, 1.807) is 4.40 Å². The Morgan fingerprint density at radius 3 is 2.86 bits per heavy atom. The Balaban J connectivity index is 0.00000110. The van der Waals surface area contributed by atoms with Crippen molar-refractivity contribution in [2.75, 3.05) is 5.32 Å². The molecule has 0 saturated heterocycles. The fourth-order valence-corrected chi connectivity index (χ4v) is 2.66. The minimum Gasteiger partial charge on any atom is -0.327 e. The van der Waals surface area contributed by atoms with Gasteiger partial charge in [-0.1, -0.05) is 12.5 Å². The highest BCUT2D eigenvalue weighted by Crippen LogP contribution is 2.27. The monoisotopic (exact) mass is 331 g/mol. The normalized spacial score (nSPS) is 20.6. The van der Waals surface area contributed by atoms with Crippen LogP contribution in [0, 0.1) is 5.92 Å². The molecule has 1 aliphatic carbocycles. The van der Waals surface area contributed by atoms with Crippen molar-refractivity contribution in [2.24, 2.45) is 11.7 Å². The summed E-state index contributed by atoms with van der Waals surface area (Å²) in [6.07, 6.45) is 5.46. The molecule has 3 rings (SSSR count). The first-order chi connectivity index (χ1) is 9.24. The number of anilines is 1. The maximum absolute atomic E-state index is 12.0. The Kier molecular flexibility index (Phi) is 6.39. The van der Waals surface area contributed by atoms with Crippen LogP contribution >= 0.6 is 24.8 Å². The molecule has 1 aliphatic rings. The molecule has 0 spiro atoms. The molecule has 8 heteroatoms. The molecule has 1 fully saturated rings. The Morgan fingerprint density at radius 2 is 2.14 bits per heavy atom. The largest absolute Gasteiger partial charge is 0.327 e. The van der Waals surface area contributed by atoms with Gasteiger partial charge in [0.05, 0.1) is 0 Å². The van der Waals surface area contributed by atoms with Crippen LogP contribution in [0.25, 0.3) is 5.65 Å². The van der Waals surface area contributed by atoms with E-state index in [1.807, 2.05) is 24.4 Å². The molecular formula is C13H19Cl2N5O. The number of pyridine rings is 1. The van der Waals surface area contributed by atoms with E-state index >= 15 is 0 Å². The fourth-order valence-electron chi connectivity index (χ4n) is 2.66. The van der Waals surface area contributed by atoms with Gasteiger partial charge in [-0.3, -0.25) is 14.5 Å². The van der Waals surface area contributed by atoms with Gasteiger partial charge in [-0.05, 0) is 30.9 Å². The molecule has 1 saturated carbocycles. The van der Waals surface area contributed by atoms with E-state index < -0.39 is 0 Å². The van der Waals surface area contributed by atoms with Crippen LogP contribution in [0.4, 0.5) is 5.95 Å². The molecule has 6 nitrogen and oxygen atoms in total. The lowest BCUT2D eigenvalue weighted by atomic mass is 10.00. The number of hydrogen-bond acceptors (Lipinski definition) is 4. The Morgan fingerprint density at radius 1 is 1.33 bits per heavy atom. The Bertz CT molecular complexity index is 603. The first-order valence-electron chi connectivity index (χ1n) is 6.59. The maximum atomic E-state index is 12.0. The van der Waals surface area contributed by atoms with Crippen molar-refractivity contribution in [3.05, 3.63) is 24.4 Å². The lowest BCUT2D eigenvalue weighted by Crippen LogP contribution is -2.28. The van der Waals surface area contributed by atoms with E-state index in [0.717, 1.165) is 24.9 Å². The van der Waals surface area contributed by atoms with Crippen LogP contribution < -0.4 is 11.1 Å². The molecule has 0 radical (unpaired) electrons. The summed E-state index contributed by atoms with van der Waals surface area (Å²) in [4.78, 5) is 12.0. The molecule has 0 unspecified atom stereocenters. The van der Waals surface area contributed by atoms with Crippen molar-refractivity contribution in [1.29, 1.82) is 0 Å². The summed E-state index contributed by atoms with van der Waals surface area (Å²) in [6.45, 7) is 0. The minimum absolute atomic E-state index is 0. The molecule has 2 heterocycles. The topological polar surface area (TPSA) is 85.3 Å². The Labute approximate surface area is 135 Å². The molecular weight excluding hydrogens is 313 g/mol. The van der Waals surface area contributed by atoms with E-state index in [-0.39, 0.29) is 36.8 Å². The number of nitrogens with zero attached hydrogens (tertiary/aromatic N) is 3. The predicted octanol–water partition coefficient (Wildman–Crippen LogP) is 2.03. The van der Waals surface area contributed by atoms with Gasteiger partial charge in [0.15, 0.2) is 5.65 Å². The zero-order chi connectivity index (χ0) is 13.2. The second-order valence-electron chi connectivity index (χ2n) is 5.06. The van der Waals surface area contributed by atoms with E-state index in [4.69, 9.17) is 5.73 Å². The van der Waals surface area contributed by atoms with Crippen molar-refractivity contribution < 1.29 is 4.79 Å². The van der Waals surface area contributed by atoms with Gasteiger partial charge in [-0.2, -0.15) is 0 Å². The van der Waals surface area contributed by atoms with Gasteiger partial charge in [0.25, 0.3) is 0 Å². The standard InChI is InChI=1S/C13H17N5O.2ClH/c14-10-5-3-4-9(10)8-12(19)15-13-17-16-11-6-1-2-7-18(11)13;;/h1-2,6-7,9-10H,3-5,8,14H2,(H,15,17,19);2*1H/t9-,10+;;/m0../s1. The number of aromatic nitrogens is 3. The summed E-state index contributed by atoms with van der Waals surface area (Å²) in [7, 11) is 0. The highest BCUT2D eigenvalue weighted by Gasteiger charge is 2.26. The van der Waals surface area contributed by atoms with Gasteiger partial charge in [0.1, 0.15) is 0 Å². The van der Waals surface area contributed by atoms with Crippen molar-refractivity contribution in [1.82, 2.24) is 14.6 Å². The molecule has 1 amide bonds. The summed E-state index contributed by atoms with van der Waals surface area (Å²) in [6, 6.07) is 5.75. The summed E-state index contributed by atoms with van der Waals surface area (Å²) in [5.74, 6) is 0.715. The highest BCUT2D eigenvalue weighted by atomic mass is 35.5. The predicted molar refractivity (Wildman–Crippen MR) is 86.0 cm³/mol. The van der Waals surface area contributed by atoms with Crippen molar-refractivity contribution in [3.63, 3.8) is 0 Å². The van der Waals surface area contributed by atoms with Gasteiger partial charge >= 0.3 is 0 Å². The van der Waals surface area contributed by atoms with Crippen LogP contribution in [0.15, 0.2) is 24.4 Å². The van der Waals surface area contributed by atoms with Crippen LogP contribution in [-0.4, -0.2) is 26.5 Å². The van der Waals surface area contributed by atoms with Crippen LogP contribution in [-0.2, 0) is 4.79 Å². The SMILES string of the molecule is Cl.Cl.N[C@@H]1CCC[C@H]1CC(=O)Nc1nnc2ccccn12. The quantitative estimate of drug-likeness (QED) is 0.901. The number of hydrogen-bond donors (Lipinski definition) is 2. The van der Waals surface area contributed by atoms with Crippen molar-refractivity contribution in [3.8, 4) is 0 Å². The fraction of sp³-hybridized carbons (Fsp3) is 0.462. The van der Waals surface area contributed by atoms with E-state index in [1.165, 1.54) is 0 Å². The number of rotatable bonds is 3. The number of amides is 1. The zero-order valence-corrected chi connectivity index (χ0v) is 13.1. The summed E-state index contributed by atoms with van der Waals surface area (Å²) in [5, 5.41) is 10.8. The van der Waals surface area contributed by atoms with E-state index in [9.17, 15) is 4.79 Å². The molecule has 0 bridgehead atoms.